The predicted octanol–water partition coefficient (Wildman–Crippen LogP) is 3.75. The van der Waals surface area contributed by atoms with Gasteiger partial charge in [-0.1, -0.05) is 18.2 Å². The predicted molar refractivity (Wildman–Crippen MR) is 80.0 cm³/mol. The van der Waals surface area contributed by atoms with Crippen LogP contribution < -0.4 is 4.90 Å². The van der Waals surface area contributed by atoms with Gasteiger partial charge in [-0.25, -0.2) is 0 Å². The Kier molecular flexibility index (Phi) is 3.15. The van der Waals surface area contributed by atoms with Crippen molar-refractivity contribution in [1.29, 1.82) is 0 Å². The number of amides is 1. The molecule has 98 valence electrons. The fourth-order valence-electron chi connectivity index (χ4n) is 2.79. The van der Waals surface area contributed by atoms with Gasteiger partial charge in [0.2, 0.25) is 5.91 Å². The molecule has 0 N–H and O–H groups in total. The summed E-state index contributed by atoms with van der Waals surface area (Å²) in [7, 11) is 0. The van der Waals surface area contributed by atoms with Crippen LogP contribution in [0.25, 0.3) is 0 Å². The molecule has 0 saturated carbocycles. The van der Waals surface area contributed by atoms with Crippen molar-refractivity contribution in [2.45, 2.75) is 26.2 Å². The van der Waals surface area contributed by atoms with E-state index in [1.807, 2.05) is 24.0 Å². The van der Waals surface area contributed by atoms with Crippen LogP contribution in [0, 0.1) is 6.92 Å². The lowest BCUT2D eigenvalue weighted by molar-refractivity contribution is -0.119. The molecule has 1 aromatic heterocycles. The molecule has 0 aliphatic carbocycles. The quantitative estimate of drug-likeness (QED) is 0.832. The van der Waals surface area contributed by atoms with E-state index >= 15 is 0 Å². The number of rotatable bonds is 3. The largest absolute Gasteiger partial charge is 0.312 e. The molecule has 0 spiro atoms. The zero-order valence-corrected chi connectivity index (χ0v) is 12.0. The SMILES string of the molecule is CCN1C(=O)C(Cc2sccc2C)c2ccccc21. The highest BCUT2D eigenvalue weighted by Gasteiger charge is 2.36. The number of hydrogen-bond acceptors (Lipinski definition) is 2. The third-order valence-corrected chi connectivity index (χ3v) is 4.89. The molecule has 1 amide bonds. The summed E-state index contributed by atoms with van der Waals surface area (Å²) in [4.78, 5) is 15.8. The number of carbonyl (C=O) groups is 1. The molecule has 1 aliphatic heterocycles. The summed E-state index contributed by atoms with van der Waals surface area (Å²) in [5.41, 5.74) is 3.57. The third kappa shape index (κ3) is 1.98. The first-order chi connectivity index (χ1) is 9.22. The number of carbonyl (C=O) groups excluding carboxylic acids is 1. The molecule has 3 rings (SSSR count). The molecule has 0 saturated heterocycles. The highest BCUT2D eigenvalue weighted by atomic mass is 32.1. The summed E-state index contributed by atoms with van der Waals surface area (Å²) >= 11 is 1.75. The fourth-order valence-corrected chi connectivity index (χ4v) is 3.74. The summed E-state index contributed by atoms with van der Waals surface area (Å²) in [5, 5.41) is 2.10. The van der Waals surface area contributed by atoms with Gasteiger partial charge in [-0.15, -0.1) is 11.3 Å². The highest BCUT2D eigenvalue weighted by molar-refractivity contribution is 7.10. The minimum absolute atomic E-state index is 0.00602. The fraction of sp³-hybridized carbons (Fsp3) is 0.312. The van der Waals surface area contributed by atoms with E-state index in [-0.39, 0.29) is 11.8 Å². The zero-order chi connectivity index (χ0) is 13.4. The lowest BCUT2D eigenvalue weighted by Crippen LogP contribution is -2.28. The maximum Gasteiger partial charge on any atom is 0.234 e. The van der Waals surface area contributed by atoms with E-state index in [1.54, 1.807) is 11.3 Å². The highest BCUT2D eigenvalue weighted by Crippen LogP contribution is 2.39. The van der Waals surface area contributed by atoms with Gasteiger partial charge in [-0.3, -0.25) is 4.79 Å². The molecule has 1 aromatic carbocycles. The van der Waals surface area contributed by atoms with Crippen molar-refractivity contribution >= 4 is 22.9 Å². The normalized spacial score (nSPS) is 17.9. The average molecular weight is 271 g/mol. The maximum absolute atomic E-state index is 12.6. The second-order valence-electron chi connectivity index (χ2n) is 4.92. The van der Waals surface area contributed by atoms with Gasteiger partial charge in [0.15, 0.2) is 0 Å². The second kappa shape index (κ2) is 4.82. The molecular weight excluding hydrogens is 254 g/mol. The van der Waals surface area contributed by atoms with Crippen molar-refractivity contribution < 1.29 is 4.79 Å². The van der Waals surface area contributed by atoms with Gasteiger partial charge in [0.05, 0.1) is 5.92 Å². The van der Waals surface area contributed by atoms with Gasteiger partial charge >= 0.3 is 0 Å². The molecule has 1 aliphatic rings. The molecule has 1 atom stereocenters. The number of benzene rings is 1. The van der Waals surface area contributed by atoms with E-state index in [9.17, 15) is 4.79 Å². The number of nitrogens with zero attached hydrogens (tertiary/aromatic N) is 1. The summed E-state index contributed by atoms with van der Waals surface area (Å²) in [6.07, 6.45) is 0.829. The molecule has 2 heterocycles. The van der Waals surface area contributed by atoms with E-state index < -0.39 is 0 Å². The van der Waals surface area contributed by atoms with E-state index in [1.165, 1.54) is 16.0 Å². The summed E-state index contributed by atoms with van der Waals surface area (Å²) in [6, 6.07) is 10.3. The van der Waals surface area contributed by atoms with Crippen molar-refractivity contribution in [3.63, 3.8) is 0 Å². The minimum Gasteiger partial charge on any atom is -0.312 e. The molecule has 1 unspecified atom stereocenters. The van der Waals surface area contributed by atoms with Crippen LogP contribution in [0.15, 0.2) is 35.7 Å². The number of hydrogen-bond donors (Lipinski definition) is 0. The minimum atomic E-state index is -0.00602. The van der Waals surface area contributed by atoms with E-state index in [0.717, 1.165) is 18.7 Å². The van der Waals surface area contributed by atoms with Gasteiger partial charge in [0, 0.05) is 17.1 Å². The first kappa shape index (κ1) is 12.4. The van der Waals surface area contributed by atoms with Gasteiger partial charge in [0.25, 0.3) is 0 Å². The molecule has 0 bridgehead atoms. The van der Waals surface area contributed by atoms with E-state index in [2.05, 4.69) is 30.5 Å². The van der Waals surface area contributed by atoms with Crippen molar-refractivity contribution in [2.75, 3.05) is 11.4 Å². The topological polar surface area (TPSA) is 20.3 Å². The van der Waals surface area contributed by atoms with Crippen molar-refractivity contribution in [1.82, 2.24) is 0 Å². The van der Waals surface area contributed by atoms with Crippen LogP contribution in [-0.2, 0) is 11.2 Å². The van der Waals surface area contributed by atoms with Crippen LogP contribution >= 0.6 is 11.3 Å². The summed E-state index contributed by atoms with van der Waals surface area (Å²) < 4.78 is 0. The Bertz CT molecular complexity index is 617. The number of para-hydroxylation sites is 1. The van der Waals surface area contributed by atoms with Crippen LogP contribution in [-0.4, -0.2) is 12.5 Å². The molecule has 2 aromatic rings. The Morgan fingerprint density at radius 3 is 2.74 bits per heavy atom. The summed E-state index contributed by atoms with van der Waals surface area (Å²) in [6.45, 7) is 4.90. The molecule has 3 heteroatoms. The number of fused-ring (bicyclic) bond motifs is 1. The number of thiophene rings is 1. The molecular formula is C16H17NOS. The van der Waals surface area contributed by atoms with Crippen LogP contribution in [0.1, 0.15) is 28.8 Å². The Hall–Kier alpha value is -1.61. The Balaban J connectivity index is 1.98. The van der Waals surface area contributed by atoms with Crippen molar-refractivity contribution in [2.24, 2.45) is 0 Å². The number of likely N-dealkylation sites (N-methyl/N-ethyl adjacent to an activating group) is 1. The van der Waals surface area contributed by atoms with Crippen molar-refractivity contribution in [3.05, 3.63) is 51.7 Å². The monoisotopic (exact) mass is 271 g/mol. The number of aryl methyl sites for hydroxylation is 1. The maximum atomic E-state index is 12.6. The van der Waals surface area contributed by atoms with Gasteiger partial charge in [-0.05, 0) is 48.9 Å². The van der Waals surface area contributed by atoms with Gasteiger partial charge < -0.3 is 4.90 Å². The van der Waals surface area contributed by atoms with Crippen LogP contribution in [0.3, 0.4) is 0 Å². The third-order valence-electron chi connectivity index (χ3n) is 3.84. The lowest BCUT2D eigenvalue weighted by Gasteiger charge is -2.15. The van der Waals surface area contributed by atoms with Crippen LogP contribution in [0.5, 0.6) is 0 Å². The Morgan fingerprint density at radius 2 is 2.05 bits per heavy atom. The Morgan fingerprint density at radius 1 is 1.26 bits per heavy atom. The lowest BCUT2D eigenvalue weighted by atomic mass is 9.95. The van der Waals surface area contributed by atoms with Crippen molar-refractivity contribution in [3.8, 4) is 0 Å². The van der Waals surface area contributed by atoms with Crippen LogP contribution in [0.4, 0.5) is 5.69 Å². The van der Waals surface area contributed by atoms with E-state index in [0.29, 0.717) is 0 Å². The molecule has 2 nitrogen and oxygen atoms in total. The Labute approximate surface area is 117 Å². The smallest absolute Gasteiger partial charge is 0.234 e. The van der Waals surface area contributed by atoms with Crippen LogP contribution in [0.2, 0.25) is 0 Å². The zero-order valence-electron chi connectivity index (χ0n) is 11.2. The van der Waals surface area contributed by atoms with E-state index in [4.69, 9.17) is 0 Å². The molecule has 0 fully saturated rings. The first-order valence-electron chi connectivity index (χ1n) is 6.65. The average Bonchev–Trinajstić information content (AvgIpc) is 2.93. The molecule has 0 radical (unpaired) electrons. The first-order valence-corrected chi connectivity index (χ1v) is 7.53. The number of anilines is 1. The second-order valence-corrected chi connectivity index (χ2v) is 5.93. The molecule has 19 heavy (non-hydrogen) atoms. The summed E-state index contributed by atoms with van der Waals surface area (Å²) in [5.74, 6) is 0.241. The van der Waals surface area contributed by atoms with Gasteiger partial charge in [0.1, 0.15) is 0 Å². The van der Waals surface area contributed by atoms with Gasteiger partial charge in [-0.2, -0.15) is 0 Å². The standard InChI is InChI=1S/C16H17NOS/c1-3-17-14-7-5-4-6-12(14)13(16(17)18)10-15-11(2)8-9-19-15/h4-9,13H,3,10H2,1-2H3.